The van der Waals surface area contributed by atoms with Gasteiger partial charge in [0.1, 0.15) is 0 Å². The van der Waals surface area contributed by atoms with Crippen LogP contribution in [0.5, 0.6) is 0 Å². The smallest absolute Gasteiger partial charge is 0.260 e. The van der Waals surface area contributed by atoms with Gasteiger partial charge in [-0.2, -0.15) is 0 Å². The molecule has 0 bridgehead atoms. The Morgan fingerprint density at radius 1 is 1.36 bits per heavy atom. The number of nitrogens with zero attached hydrogens (tertiary/aromatic N) is 2. The summed E-state index contributed by atoms with van der Waals surface area (Å²) in [6.45, 7) is 0. The van der Waals surface area contributed by atoms with E-state index < -0.39 is 0 Å². The van der Waals surface area contributed by atoms with Gasteiger partial charge in [0.2, 0.25) is 0 Å². The van der Waals surface area contributed by atoms with Crippen LogP contribution in [-0.4, -0.2) is 15.0 Å². The lowest BCUT2D eigenvalue weighted by molar-refractivity contribution is 1.14. The third-order valence-corrected chi connectivity index (χ3v) is 1.79. The van der Waals surface area contributed by atoms with Gasteiger partial charge in [-0.15, -0.1) is 0 Å². The first-order valence-electron chi connectivity index (χ1n) is 4.02. The van der Waals surface area contributed by atoms with Gasteiger partial charge in [0.15, 0.2) is 5.95 Å². The maximum Gasteiger partial charge on any atom is 0.260 e. The summed E-state index contributed by atoms with van der Waals surface area (Å²) in [5.41, 5.74) is 6.25. The standard InChI is InChI=1S/C9H8N4O/c10-9-12-5-7(8(14)13-9)6-2-1-3-11-4-6/h1-5H,(H3,10,12,13,14). The van der Waals surface area contributed by atoms with Crippen LogP contribution in [0.15, 0.2) is 35.5 Å². The van der Waals surface area contributed by atoms with Crippen molar-refractivity contribution in [3.63, 3.8) is 0 Å². The molecule has 5 nitrogen and oxygen atoms in total. The Balaban J connectivity index is 2.59. The molecule has 3 N–H and O–H groups in total. The highest BCUT2D eigenvalue weighted by Crippen LogP contribution is 2.11. The molecule has 0 aliphatic heterocycles. The van der Waals surface area contributed by atoms with Crippen molar-refractivity contribution in [1.82, 2.24) is 15.0 Å². The summed E-state index contributed by atoms with van der Waals surface area (Å²) in [4.78, 5) is 21.6. The molecule has 0 aliphatic rings. The van der Waals surface area contributed by atoms with E-state index >= 15 is 0 Å². The van der Waals surface area contributed by atoms with Crippen LogP contribution in [0.4, 0.5) is 5.95 Å². The molecule has 0 saturated heterocycles. The van der Waals surface area contributed by atoms with E-state index in [0.717, 1.165) is 5.56 Å². The summed E-state index contributed by atoms with van der Waals surface area (Å²) in [5.74, 6) is 0.114. The number of hydrogen-bond donors (Lipinski definition) is 2. The van der Waals surface area contributed by atoms with Gasteiger partial charge < -0.3 is 5.73 Å². The Kier molecular flexibility index (Phi) is 1.98. The molecule has 0 aromatic carbocycles. The molecule has 0 saturated carbocycles. The van der Waals surface area contributed by atoms with Crippen molar-refractivity contribution in [3.8, 4) is 11.1 Å². The van der Waals surface area contributed by atoms with Crippen LogP contribution in [0.3, 0.4) is 0 Å². The minimum atomic E-state index is -0.259. The van der Waals surface area contributed by atoms with Crippen molar-refractivity contribution in [2.24, 2.45) is 0 Å². The van der Waals surface area contributed by atoms with E-state index in [2.05, 4.69) is 15.0 Å². The molecule has 0 radical (unpaired) electrons. The average molecular weight is 188 g/mol. The zero-order valence-electron chi connectivity index (χ0n) is 7.27. The molecule has 70 valence electrons. The van der Waals surface area contributed by atoms with Crippen LogP contribution in [0, 0.1) is 0 Å². The van der Waals surface area contributed by atoms with E-state index in [0.29, 0.717) is 5.56 Å². The number of nitrogen functional groups attached to an aromatic ring is 1. The summed E-state index contributed by atoms with van der Waals surface area (Å²) in [5, 5.41) is 0. The molecule has 5 heteroatoms. The minimum absolute atomic E-state index is 0.114. The minimum Gasteiger partial charge on any atom is -0.369 e. The van der Waals surface area contributed by atoms with Gasteiger partial charge in [0.25, 0.3) is 5.56 Å². The van der Waals surface area contributed by atoms with Gasteiger partial charge in [0, 0.05) is 24.2 Å². The van der Waals surface area contributed by atoms with Crippen molar-refractivity contribution in [2.75, 3.05) is 5.73 Å². The Morgan fingerprint density at radius 2 is 2.21 bits per heavy atom. The summed E-state index contributed by atoms with van der Waals surface area (Å²) >= 11 is 0. The lowest BCUT2D eigenvalue weighted by Gasteiger charge is -1.98. The molecule has 2 aromatic rings. The van der Waals surface area contributed by atoms with Crippen LogP contribution in [0.2, 0.25) is 0 Å². The first-order valence-corrected chi connectivity index (χ1v) is 4.02. The third-order valence-electron chi connectivity index (χ3n) is 1.79. The maximum atomic E-state index is 11.4. The molecule has 0 amide bonds. The van der Waals surface area contributed by atoms with Crippen molar-refractivity contribution < 1.29 is 0 Å². The number of nitrogens with two attached hydrogens (primary N) is 1. The number of nitrogens with one attached hydrogen (secondary N) is 1. The van der Waals surface area contributed by atoms with Crippen molar-refractivity contribution in [3.05, 3.63) is 41.1 Å². The summed E-state index contributed by atoms with van der Waals surface area (Å²) in [6.07, 6.45) is 4.68. The zero-order valence-corrected chi connectivity index (χ0v) is 7.27. The lowest BCUT2D eigenvalue weighted by Crippen LogP contribution is -2.12. The zero-order chi connectivity index (χ0) is 9.97. The van der Waals surface area contributed by atoms with Gasteiger partial charge >= 0.3 is 0 Å². The van der Waals surface area contributed by atoms with Crippen LogP contribution >= 0.6 is 0 Å². The Labute approximate surface area is 79.6 Å². The second-order valence-corrected chi connectivity index (χ2v) is 2.75. The SMILES string of the molecule is Nc1ncc(-c2cccnc2)c(=O)[nH]1. The van der Waals surface area contributed by atoms with E-state index in [1.54, 1.807) is 24.5 Å². The number of anilines is 1. The molecule has 2 aromatic heterocycles. The average Bonchev–Trinajstić information content (AvgIpc) is 2.19. The quantitative estimate of drug-likeness (QED) is 0.679. The van der Waals surface area contributed by atoms with Crippen molar-refractivity contribution in [1.29, 1.82) is 0 Å². The van der Waals surface area contributed by atoms with Crippen LogP contribution < -0.4 is 11.3 Å². The second kappa shape index (κ2) is 3.29. The first kappa shape index (κ1) is 8.43. The largest absolute Gasteiger partial charge is 0.369 e. The topological polar surface area (TPSA) is 84.7 Å². The van der Waals surface area contributed by atoms with Crippen LogP contribution in [0.25, 0.3) is 11.1 Å². The van der Waals surface area contributed by atoms with Gasteiger partial charge in [0.05, 0.1) is 5.56 Å². The molecule has 0 unspecified atom stereocenters. The fraction of sp³-hybridized carbons (Fsp3) is 0. The monoisotopic (exact) mass is 188 g/mol. The third kappa shape index (κ3) is 1.47. The van der Waals surface area contributed by atoms with E-state index in [1.807, 2.05) is 0 Å². The predicted molar refractivity (Wildman–Crippen MR) is 52.5 cm³/mol. The highest BCUT2D eigenvalue weighted by molar-refractivity contribution is 5.60. The van der Waals surface area contributed by atoms with E-state index in [9.17, 15) is 4.79 Å². The molecular weight excluding hydrogens is 180 g/mol. The van der Waals surface area contributed by atoms with E-state index in [-0.39, 0.29) is 11.5 Å². The normalized spacial score (nSPS) is 10.0. The van der Waals surface area contributed by atoms with Gasteiger partial charge in [-0.05, 0) is 6.07 Å². The molecule has 0 aliphatic carbocycles. The molecule has 2 rings (SSSR count). The molecular formula is C9H8N4O. The van der Waals surface area contributed by atoms with Crippen molar-refractivity contribution >= 4 is 5.95 Å². The number of hydrogen-bond acceptors (Lipinski definition) is 4. The van der Waals surface area contributed by atoms with Gasteiger partial charge in [-0.25, -0.2) is 4.98 Å². The highest BCUT2D eigenvalue weighted by atomic mass is 16.1. The molecule has 0 fully saturated rings. The summed E-state index contributed by atoms with van der Waals surface area (Å²) in [7, 11) is 0. The number of aromatic amines is 1. The first-order chi connectivity index (χ1) is 6.77. The Bertz CT molecular complexity index is 492. The highest BCUT2D eigenvalue weighted by Gasteiger charge is 2.02. The van der Waals surface area contributed by atoms with Crippen LogP contribution in [-0.2, 0) is 0 Å². The summed E-state index contributed by atoms with van der Waals surface area (Å²) in [6, 6.07) is 3.54. The number of rotatable bonds is 1. The predicted octanol–water partition coefficient (Wildman–Crippen LogP) is 0.414. The molecule has 14 heavy (non-hydrogen) atoms. The van der Waals surface area contributed by atoms with E-state index in [1.165, 1.54) is 6.20 Å². The maximum absolute atomic E-state index is 11.4. The number of pyridine rings is 1. The fourth-order valence-electron chi connectivity index (χ4n) is 1.14. The van der Waals surface area contributed by atoms with Crippen LogP contribution in [0.1, 0.15) is 0 Å². The van der Waals surface area contributed by atoms with Gasteiger partial charge in [-0.1, -0.05) is 6.07 Å². The fourth-order valence-corrected chi connectivity index (χ4v) is 1.14. The molecule has 0 atom stereocenters. The van der Waals surface area contributed by atoms with E-state index in [4.69, 9.17) is 5.73 Å². The molecule has 0 spiro atoms. The lowest BCUT2D eigenvalue weighted by atomic mass is 10.1. The number of aromatic nitrogens is 3. The Morgan fingerprint density at radius 3 is 2.86 bits per heavy atom. The summed E-state index contributed by atoms with van der Waals surface area (Å²) < 4.78 is 0. The second-order valence-electron chi connectivity index (χ2n) is 2.75. The Hall–Kier alpha value is -2.17. The molecule has 2 heterocycles. The van der Waals surface area contributed by atoms with Crippen molar-refractivity contribution in [2.45, 2.75) is 0 Å². The van der Waals surface area contributed by atoms with Gasteiger partial charge in [-0.3, -0.25) is 14.8 Å². The number of H-pyrrole nitrogens is 1.